The number of hydrogen-bond donors (Lipinski definition) is 1. The van der Waals surface area contributed by atoms with Gasteiger partial charge in [-0.1, -0.05) is 18.2 Å². The van der Waals surface area contributed by atoms with Gasteiger partial charge in [0.25, 0.3) is 5.69 Å². The summed E-state index contributed by atoms with van der Waals surface area (Å²) in [7, 11) is 0. The minimum Gasteiger partial charge on any atom is -0.378 e. The first-order valence-electron chi connectivity index (χ1n) is 9.92. The van der Waals surface area contributed by atoms with Crippen LogP contribution in [0.3, 0.4) is 0 Å². The van der Waals surface area contributed by atoms with Crippen molar-refractivity contribution in [1.82, 2.24) is 9.88 Å². The third kappa shape index (κ3) is 4.72. The van der Waals surface area contributed by atoms with Crippen molar-refractivity contribution >= 4 is 23.8 Å². The van der Waals surface area contributed by atoms with Crippen LogP contribution in [0, 0.1) is 10.1 Å². The number of nitro groups is 1. The fourth-order valence-electron chi connectivity index (χ4n) is 3.71. The van der Waals surface area contributed by atoms with Crippen LogP contribution >= 0.6 is 0 Å². The maximum Gasteiger partial charge on any atom is 0.270 e. The number of hydrazone groups is 1. The zero-order valence-electron chi connectivity index (χ0n) is 16.5. The Morgan fingerprint density at radius 1 is 1.17 bits per heavy atom. The average Bonchev–Trinajstić information content (AvgIpc) is 3.17. The smallest absolute Gasteiger partial charge is 0.270 e. The molecular weight excluding hydrogens is 382 g/mol. The van der Waals surface area contributed by atoms with Crippen molar-refractivity contribution in [2.45, 2.75) is 12.8 Å². The maximum absolute atomic E-state index is 11.1. The molecule has 2 aliphatic rings. The zero-order chi connectivity index (χ0) is 20.8. The van der Waals surface area contributed by atoms with E-state index in [-0.39, 0.29) is 10.6 Å². The van der Waals surface area contributed by atoms with Gasteiger partial charge in [0.1, 0.15) is 5.82 Å². The van der Waals surface area contributed by atoms with E-state index in [9.17, 15) is 10.1 Å². The molecule has 1 saturated heterocycles. The first-order chi connectivity index (χ1) is 14.7. The SMILES string of the molecule is O=[N+]([O-])c1cccc(/C=C2\CCC(/C=N/Nc3ccccn3)=C2N2CCOCC2)c1. The summed E-state index contributed by atoms with van der Waals surface area (Å²) < 4.78 is 5.52. The van der Waals surface area contributed by atoms with Gasteiger partial charge in [-0.2, -0.15) is 5.10 Å². The van der Waals surface area contributed by atoms with E-state index in [4.69, 9.17) is 4.74 Å². The van der Waals surface area contributed by atoms with Gasteiger partial charge in [0, 0.05) is 37.1 Å². The second-order valence-corrected chi connectivity index (χ2v) is 7.08. The molecule has 0 amide bonds. The quantitative estimate of drug-likeness (QED) is 0.446. The lowest BCUT2D eigenvalue weighted by atomic mass is 10.1. The van der Waals surface area contributed by atoms with Crippen LogP contribution in [0.25, 0.3) is 6.08 Å². The number of anilines is 1. The van der Waals surface area contributed by atoms with Gasteiger partial charge in [0.2, 0.25) is 0 Å². The number of aromatic nitrogens is 1. The van der Waals surface area contributed by atoms with E-state index in [0.717, 1.165) is 48.3 Å². The van der Waals surface area contributed by atoms with Crippen LogP contribution in [0.2, 0.25) is 0 Å². The van der Waals surface area contributed by atoms with E-state index in [1.165, 1.54) is 6.07 Å². The van der Waals surface area contributed by atoms with Crippen molar-refractivity contribution in [3.8, 4) is 0 Å². The van der Waals surface area contributed by atoms with Gasteiger partial charge in [0.05, 0.1) is 24.4 Å². The number of hydrogen-bond acceptors (Lipinski definition) is 7. The number of nitrogens with one attached hydrogen (secondary N) is 1. The highest BCUT2D eigenvalue weighted by Crippen LogP contribution is 2.35. The number of pyridine rings is 1. The fourth-order valence-corrected chi connectivity index (χ4v) is 3.71. The Bertz CT molecular complexity index is 995. The molecule has 0 radical (unpaired) electrons. The first-order valence-corrected chi connectivity index (χ1v) is 9.92. The Morgan fingerprint density at radius 3 is 2.80 bits per heavy atom. The number of benzene rings is 1. The molecule has 8 nitrogen and oxygen atoms in total. The molecule has 1 N–H and O–H groups in total. The molecule has 0 atom stereocenters. The largest absolute Gasteiger partial charge is 0.378 e. The lowest BCUT2D eigenvalue weighted by Gasteiger charge is -2.31. The van der Waals surface area contributed by atoms with Crippen LogP contribution < -0.4 is 5.43 Å². The van der Waals surface area contributed by atoms with E-state index in [1.54, 1.807) is 18.3 Å². The Kier molecular flexibility index (Phi) is 6.14. The van der Waals surface area contributed by atoms with Crippen LogP contribution in [0.15, 0.2) is 70.6 Å². The van der Waals surface area contributed by atoms with Gasteiger partial charge in [-0.3, -0.25) is 15.5 Å². The summed E-state index contributed by atoms with van der Waals surface area (Å²) in [5.41, 5.74) is 7.34. The summed E-state index contributed by atoms with van der Waals surface area (Å²) >= 11 is 0. The highest BCUT2D eigenvalue weighted by molar-refractivity contribution is 5.84. The lowest BCUT2D eigenvalue weighted by molar-refractivity contribution is -0.384. The molecule has 1 aromatic heterocycles. The van der Waals surface area contributed by atoms with Crippen LogP contribution in [0.4, 0.5) is 11.5 Å². The van der Waals surface area contributed by atoms with Crippen LogP contribution in [-0.4, -0.2) is 47.3 Å². The van der Waals surface area contributed by atoms with Gasteiger partial charge in [-0.25, -0.2) is 4.98 Å². The third-order valence-corrected chi connectivity index (χ3v) is 5.09. The summed E-state index contributed by atoms with van der Waals surface area (Å²) in [6.07, 6.45) is 7.34. The molecule has 0 spiro atoms. The summed E-state index contributed by atoms with van der Waals surface area (Å²) in [5.74, 6) is 0.688. The number of morpholine rings is 1. The second-order valence-electron chi connectivity index (χ2n) is 7.08. The van der Waals surface area contributed by atoms with Gasteiger partial charge in [-0.05, 0) is 47.8 Å². The molecule has 0 saturated carbocycles. The second kappa shape index (κ2) is 9.32. The summed E-state index contributed by atoms with van der Waals surface area (Å²) in [6, 6.07) is 12.4. The molecule has 8 heteroatoms. The van der Waals surface area contributed by atoms with Crippen molar-refractivity contribution < 1.29 is 9.66 Å². The molecule has 1 fully saturated rings. The van der Waals surface area contributed by atoms with E-state index >= 15 is 0 Å². The van der Waals surface area contributed by atoms with Crippen molar-refractivity contribution in [1.29, 1.82) is 0 Å². The number of nitro benzene ring substituents is 1. The molecular formula is C22H23N5O3. The molecule has 2 heterocycles. The monoisotopic (exact) mass is 405 g/mol. The predicted molar refractivity (Wildman–Crippen MR) is 116 cm³/mol. The average molecular weight is 405 g/mol. The minimum atomic E-state index is -0.364. The van der Waals surface area contributed by atoms with Crippen LogP contribution in [0.1, 0.15) is 18.4 Å². The molecule has 1 aliphatic heterocycles. The standard InChI is InChI=1S/C22H23N5O3/c28-27(29)20-5-3-4-17(15-20)14-18-7-8-19(22(18)26-10-12-30-13-11-26)16-24-25-21-6-1-2-9-23-21/h1-6,9,14-16H,7-8,10-13H2,(H,23,25)/b18-14+,24-16+. The van der Waals surface area contributed by atoms with Crippen molar-refractivity contribution in [2.75, 3.05) is 31.7 Å². The molecule has 2 aromatic rings. The molecule has 154 valence electrons. The Balaban J connectivity index is 1.63. The van der Waals surface area contributed by atoms with Crippen LogP contribution in [-0.2, 0) is 4.74 Å². The number of rotatable bonds is 6. The van der Waals surface area contributed by atoms with Gasteiger partial charge in [-0.15, -0.1) is 0 Å². The highest BCUT2D eigenvalue weighted by Gasteiger charge is 2.25. The molecule has 0 bridgehead atoms. The summed E-state index contributed by atoms with van der Waals surface area (Å²) in [6.45, 7) is 2.99. The highest BCUT2D eigenvalue weighted by atomic mass is 16.6. The Morgan fingerprint density at radius 2 is 2.03 bits per heavy atom. The maximum atomic E-state index is 11.1. The van der Waals surface area contributed by atoms with Gasteiger partial charge in [0.15, 0.2) is 0 Å². The zero-order valence-corrected chi connectivity index (χ0v) is 16.5. The fraction of sp³-hybridized carbons (Fsp3) is 0.273. The molecule has 4 rings (SSSR count). The molecule has 0 unspecified atom stereocenters. The Labute approximate surface area is 174 Å². The minimum absolute atomic E-state index is 0.0978. The topological polar surface area (TPSA) is 92.9 Å². The molecule has 1 aliphatic carbocycles. The first kappa shape index (κ1) is 19.8. The van der Waals surface area contributed by atoms with Gasteiger partial charge < -0.3 is 9.64 Å². The van der Waals surface area contributed by atoms with Crippen LogP contribution in [0.5, 0.6) is 0 Å². The van der Waals surface area contributed by atoms with Gasteiger partial charge >= 0.3 is 0 Å². The summed E-state index contributed by atoms with van der Waals surface area (Å²) in [5, 5.41) is 15.5. The van der Waals surface area contributed by atoms with E-state index in [0.29, 0.717) is 19.0 Å². The van der Waals surface area contributed by atoms with Crippen molar-refractivity contribution in [2.24, 2.45) is 5.10 Å². The van der Waals surface area contributed by atoms with Crippen molar-refractivity contribution in [3.05, 3.63) is 81.2 Å². The van der Waals surface area contributed by atoms with E-state index < -0.39 is 0 Å². The number of ether oxygens (including phenoxy) is 1. The van der Waals surface area contributed by atoms with E-state index in [2.05, 4.69) is 20.4 Å². The van der Waals surface area contributed by atoms with E-state index in [1.807, 2.05) is 36.6 Å². The summed E-state index contributed by atoms with van der Waals surface area (Å²) in [4.78, 5) is 17.3. The number of nitrogens with zero attached hydrogens (tertiary/aromatic N) is 4. The number of allylic oxidation sites excluding steroid dienone is 2. The third-order valence-electron chi connectivity index (χ3n) is 5.09. The molecule has 1 aromatic carbocycles. The van der Waals surface area contributed by atoms with Crippen molar-refractivity contribution in [3.63, 3.8) is 0 Å². The predicted octanol–water partition coefficient (Wildman–Crippen LogP) is 3.85. The molecule has 30 heavy (non-hydrogen) atoms. The normalized spacial score (nSPS) is 18.4. The Hall–Kier alpha value is -3.52. The number of non-ortho nitro benzene ring substituents is 1. The lowest BCUT2D eigenvalue weighted by Crippen LogP contribution is -2.36.